The SMILES string of the molecule is COCCC(CC(=O)c1cnn(C)c1)NC(=O)OC(C)(C)C. The van der Waals surface area contributed by atoms with Crippen LogP contribution in [0.4, 0.5) is 4.79 Å². The molecule has 0 bridgehead atoms. The highest BCUT2D eigenvalue weighted by atomic mass is 16.6. The lowest BCUT2D eigenvalue weighted by molar-refractivity contribution is 0.0490. The Morgan fingerprint density at radius 2 is 2.09 bits per heavy atom. The first-order valence-corrected chi connectivity index (χ1v) is 7.21. The van der Waals surface area contributed by atoms with E-state index in [0.29, 0.717) is 18.6 Å². The van der Waals surface area contributed by atoms with E-state index in [1.807, 2.05) is 0 Å². The highest BCUT2D eigenvalue weighted by Crippen LogP contribution is 2.10. The molecular formula is C15H25N3O4. The highest BCUT2D eigenvalue weighted by Gasteiger charge is 2.22. The number of ketones is 1. The Kier molecular flexibility index (Phi) is 6.55. The Labute approximate surface area is 131 Å². The van der Waals surface area contributed by atoms with Crippen molar-refractivity contribution < 1.29 is 19.1 Å². The number of amides is 1. The van der Waals surface area contributed by atoms with Gasteiger partial charge in [-0.3, -0.25) is 9.48 Å². The van der Waals surface area contributed by atoms with Gasteiger partial charge in [-0.05, 0) is 27.2 Å². The number of alkyl carbamates (subject to hydrolysis) is 1. The van der Waals surface area contributed by atoms with Gasteiger partial charge < -0.3 is 14.8 Å². The van der Waals surface area contributed by atoms with Gasteiger partial charge in [0, 0.05) is 39.4 Å². The fourth-order valence-corrected chi connectivity index (χ4v) is 1.87. The number of aryl methyl sites for hydroxylation is 1. The number of aromatic nitrogens is 2. The first-order chi connectivity index (χ1) is 10.2. The lowest BCUT2D eigenvalue weighted by Gasteiger charge is -2.23. The topological polar surface area (TPSA) is 82.5 Å². The maximum absolute atomic E-state index is 12.2. The van der Waals surface area contributed by atoms with Crippen LogP contribution in [0.5, 0.6) is 0 Å². The first-order valence-electron chi connectivity index (χ1n) is 7.21. The number of nitrogens with zero attached hydrogens (tertiary/aromatic N) is 2. The monoisotopic (exact) mass is 311 g/mol. The fourth-order valence-electron chi connectivity index (χ4n) is 1.87. The molecule has 1 N–H and O–H groups in total. The Morgan fingerprint density at radius 1 is 1.41 bits per heavy atom. The van der Waals surface area contributed by atoms with Crippen LogP contribution in [0.1, 0.15) is 44.0 Å². The summed E-state index contributed by atoms with van der Waals surface area (Å²) >= 11 is 0. The lowest BCUT2D eigenvalue weighted by Crippen LogP contribution is -2.40. The number of carbonyl (C=O) groups excluding carboxylic acids is 2. The summed E-state index contributed by atoms with van der Waals surface area (Å²) in [7, 11) is 3.33. The van der Waals surface area contributed by atoms with Crippen LogP contribution in [0, 0.1) is 0 Å². The fraction of sp³-hybridized carbons (Fsp3) is 0.667. The predicted molar refractivity (Wildman–Crippen MR) is 81.8 cm³/mol. The van der Waals surface area contributed by atoms with Gasteiger partial charge in [0.05, 0.1) is 11.8 Å². The number of hydrogen-bond acceptors (Lipinski definition) is 5. The van der Waals surface area contributed by atoms with Crippen LogP contribution in [-0.2, 0) is 16.5 Å². The zero-order valence-electron chi connectivity index (χ0n) is 13.9. The molecule has 1 aromatic rings. The molecule has 0 aliphatic carbocycles. The molecule has 0 radical (unpaired) electrons. The van der Waals surface area contributed by atoms with E-state index >= 15 is 0 Å². The van der Waals surface area contributed by atoms with E-state index in [-0.39, 0.29) is 18.2 Å². The molecule has 22 heavy (non-hydrogen) atoms. The Morgan fingerprint density at radius 3 is 2.59 bits per heavy atom. The van der Waals surface area contributed by atoms with Crippen LogP contribution >= 0.6 is 0 Å². The van der Waals surface area contributed by atoms with Gasteiger partial charge in [-0.15, -0.1) is 0 Å². The lowest BCUT2D eigenvalue weighted by atomic mass is 10.0. The van der Waals surface area contributed by atoms with E-state index in [2.05, 4.69) is 10.4 Å². The Bertz CT molecular complexity index is 505. The second-order valence-corrected chi connectivity index (χ2v) is 6.15. The normalized spacial score (nSPS) is 12.8. The zero-order chi connectivity index (χ0) is 16.8. The molecule has 1 heterocycles. The molecule has 0 aromatic carbocycles. The number of methoxy groups -OCH3 is 1. The molecule has 0 spiro atoms. The molecule has 1 amide bonds. The van der Waals surface area contributed by atoms with Crippen molar-refractivity contribution in [2.75, 3.05) is 13.7 Å². The minimum absolute atomic E-state index is 0.0785. The molecule has 0 saturated carbocycles. The van der Waals surface area contributed by atoms with Crippen LogP contribution in [-0.4, -0.2) is 47.0 Å². The van der Waals surface area contributed by atoms with Gasteiger partial charge in [0.15, 0.2) is 5.78 Å². The number of Topliss-reactive ketones (excluding diaryl/α,β-unsaturated/α-hetero) is 1. The van der Waals surface area contributed by atoms with E-state index in [9.17, 15) is 9.59 Å². The average Bonchev–Trinajstić information content (AvgIpc) is 2.80. The Hall–Kier alpha value is -1.89. The third kappa shape index (κ3) is 6.71. The van der Waals surface area contributed by atoms with E-state index in [0.717, 1.165) is 0 Å². The van der Waals surface area contributed by atoms with Crippen molar-refractivity contribution in [2.24, 2.45) is 7.05 Å². The Balaban J connectivity index is 2.63. The van der Waals surface area contributed by atoms with Crippen molar-refractivity contribution in [3.05, 3.63) is 18.0 Å². The molecule has 1 atom stereocenters. The molecule has 1 rings (SSSR count). The summed E-state index contributed by atoms with van der Waals surface area (Å²) in [5.74, 6) is -0.0785. The molecule has 124 valence electrons. The number of hydrogen-bond donors (Lipinski definition) is 1. The summed E-state index contributed by atoms with van der Waals surface area (Å²) in [6, 6.07) is -0.345. The summed E-state index contributed by atoms with van der Waals surface area (Å²) in [4.78, 5) is 24.1. The largest absolute Gasteiger partial charge is 0.444 e. The molecule has 7 nitrogen and oxygen atoms in total. The van der Waals surface area contributed by atoms with Crippen LogP contribution in [0.15, 0.2) is 12.4 Å². The van der Waals surface area contributed by atoms with Gasteiger partial charge >= 0.3 is 6.09 Å². The third-order valence-corrected chi connectivity index (χ3v) is 2.85. The molecule has 0 saturated heterocycles. The maximum atomic E-state index is 12.2. The van der Waals surface area contributed by atoms with Gasteiger partial charge in [0.1, 0.15) is 5.60 Å². The zero-order valence-corrected chi connectivity index (χ0v) is 13.9. The van der Waals surface area contributed by atoms with E-state index < -0.39 is 11.7 Å². The van der Waals surface area contributed by atoms with Crippen LogP contribution in [0.3, 0.4) is 0 Å². The summed E-state index contributed by atoms with van der Waals surface area (Å²) in [6.07, 6.45) is 3.34. The van der Waals surface area contributed by atoms with Crippen LogP contribution in [0.25, 0.3) is 0 Å². The third-order valence-electron chi connectivity index (χ3n) is 2.85. The van der Waals surface area contributed by atoms with Crippen molar-refractivity contribution >= 4 is 11.9 Å². The molecule has 0 aliphatic heterocycles. The second kappa shape index (κ2) is 7.93. The summed E-state index contributed by atoms with van der Waals surface area (Å²) in [5.41, 5.74) is -0.0561. The maximum Gasteiger partial charge on any atom is 0.407 e. The van der Waals surface area contributed by atoms with Crippen molar-refractivity contribution in [1.82, 2.24) is 15.1 Å². The number of ether oxygens (including phenoxy) is 2. The minimum atomic E-state index is -0.580. The van der Waals surface area contributed by atoms with E-state index in [1.54, 1.807) is 45.8 Å². The van der Waals surface area contributed by atoms with Crippen molar-refractivity contribution in [3.8, 4) is 0 Å². The first kappa shape index (κ1) is 18.2. The average molecular weight is 311 g/mol. The standard InChI is InChI=1S/C15H25N3O4/c1-15(2,3)22-14(20)17-12(6-7-21-5)8-13(19)11-9-16-18(4)10-11/h9-10,12H,6-8H2,1-5H3,(H,17,20). The molecule has 7 heteroatoms. The molecular weight excluding hydrogens is 286 g/mol. The van der Waals surface area contributed by atoms with Crippen molar-refractivity contribution in [2.45, 2.75) is 45.3 Å². The summed E-state index contributed by atoms with van der Waals surface area (Å²) in [6.45, 7) is 5.81. The molecule has 1 aromatic heterocycles. The van der Waals surface area contributed by atoms with Gasteiger partial charge in [-0.1, -0.05) is 0 Å². The van der Waals surface area contributed by atoms with Gasteiger partial charge in [-0.2, -0.15) is 5.10 Å². The second-order valence-electron chi connectivity index (χ2n) is 6.15. The van der Waals surface area contributed by atoms with Crippen LogP contribution < -0.4 is 5.32 Å². The highest BCUT2D eigenvalue weighted by molar-refractivity contribution is 5.96. The summed E-state index contributed by atoms with van der Waals surface area (Å²) in [5, 5.41) is 6.70. The predicted octanol–water partition coefficient (Wildman–Crippen LogP) is 1.92. The molecule has 0 fully saturated rings. The van der Waals surface area contributed by atoms with Crippen LogP contribution in [0.2, 0.25) is 0 Å². The van der Waals surface area contributed by atoms with E-state index in [4.69, 9.17) is 9.47 Å². The van der Waals surface area contributed by atoms with Crippen molar-refractivity contribution in [3.63, 3.8) is 0 Å². The van der Waals surface area contributed by atoms with Gasteiger partial charge in [-0.25, -0.2) is 4.79 Å². The minimum Gasteiger partial charge on any atom is -0.444 e. The van der Waals surface area contributed by atoms with Gasteiger partial charge in [0.25, 0.3) is 0 Å². The number of rotatable bonds is 7. The van der Waals surface area contributed by atoms with E-state index in [1.165, 1.54) is 6.20 Å². The smallest absolute Gasteiger partial charge is 0.407 e. The number of nitrogens with one attached hydrogen (secondary N) is 1. The summed E-state index contributed by atoms with van der Waals surface area (Å²) < 4.78 is 11.8. The quantitative estimate of drug-likeness (QED) is 0.778. The van der Waals surface area contributed by atoms with Gasteiger partial charge in [0.2, 0.25) is 0 Å². The molecule has 0 aliphatic rings. The molecule has 1 unspecified atom stereocenters. The van der Waals surface area contributed by atoms with Crippen molar-refractivity contribution in [1.29, 1.82) is 0 Å². The number of carbonyl (C=O) groups is 2.